The van der Waals surface area contributed by atoms with Gasteiger partial charge < -0.3 is 0 Å². The Hall–Kier alpha value is -2.04. The van der Waals surface area contributed by atoms with Crippen molar-refractivity contribution in [1.29, 1.82) is 0 Å². The summed E-state index contributed by atoms with van der Waals surface area (Å²) in [5, 5.41) is 7.86. The Kier molecular flexibility index (Phi) is 1.44. The Morgan fingerprint density at radius 1 is 1.36 bits per heavy atom. The molecule has 0 unspecified atom stereocenters. The lowest BCUT2D eigenvalue weighted by atomic mass is 10.2. The summed E-state index contributed by atoms with van der Waals surface area (Å²) in [7, 11) is 0. The molecule has 3 heterocycles. The van der Waals surface area contributed by atoms with Crippen LogP contribution in [0.1, 0.15) is 11.4 Å². The van der Waals surface area contributed by atoms with E-state index in [9.17, 15) is 0 Å². The van der Waals surface area contributed by atoms with Crippen LogP contribution >= 0.6 is 0 Å². The lowest BCUT2D eigenvalue weighted by Gasteiger charge is -2.04. The number of aromatic nitrogens is 4. The van der Waals surface area contributed by atoms with Crippen molar-refractivity contribution in [2.75, 3.05) is 0 Å². The van der Waals surface area contributed by atoms with E-state index in [1.807, 2.05) is 16.8 Å². The molecule has 0 amide bonds. The average Bonchev–Trinajstić information content (AvgIpc) is 2.61. The molecule has 0 atom stereocenters. The fourth-order valence-electron chi connectivity index (χ4n) is 1.51. The summed E-state index contributed by atoms with van der Waals surface area (Å²) in [4.78, 5) is 8.29. The maximum Gasteiger partial charge on any atom is 0.159 e. The van der Waals surface area contributed by atoms with Gasteiger partial charge in [-0.2, -0.15) is 0 Å². The molecule has 0 spiro atoms. The van der Waals surface area contributed by atoms with Crippen LogP contribution in [-0.2, 0) is 6.54 Å². The Morgan fingerprint density at radius 2 is 2.36 bits per heavy atom. The fourth-order valence-corrected chi connectivity index (χ4v) is 1.51. The van der Waals surface area contributed by atoms with E-state index >= 15 is 0 Å². The summed E-state index contributed by atoms with van der Waals surface area (Å²) in [6, 6.07) is 1.93. The highest BCUT2D eigenvalue weighted by atomic mass is 15.3. The van der Waals surface area contributed by atoms with Crippen molar-refractivity contribution in [3.63, 3.8) is 0 Å². The summed E-state index contributed by atoms with van der Waals surface area (Å²) >= 11 is 0. The van der Waals surface area contributed by atoms with Crippen molar-refractivity contribution in [3.8, 4) is 5.69 Å². The van der Waals surface area contributed by atoms with Crippen LogP contribution in [0, 0.1) is 0 Å². The van der Waals surface area contributed by atoms with Gasteiger partial charge in [-0.15, -0.1) is 10.2 Å². The standard InChI is InChI=1S/C9H7N5/c1-2-10-3-7-4-11-5-9-13-12-6-14(9)8(1)7/h1-4,6H,5H2. The van der Waals surface area contributed by atoms with Crippen LogP contribution < -0.4 is 0 Å². The molecule has 1 aliphatic heterocycles. The maximum absolute atomic E-state index is 4.24. The van der Waals surface area contributed by atoms with E-state index in [0.29, 0.717) is 6.54 Å². The van der Waals surface area contributed by atoms with Gasteiger partial charge in [-0.3, -0.25) is 14.5 Å². The van der Waals surface area contributed by atoms with Crippen molar-refractivity contribution in [3.05, 3.63) is 36.2 Å². The minimum Gasteiger partial charge on any atom is -0.284 e. The smallest absolute Gasteiger partial charge is 0.159 e. The first kappa shape index (κ1) is 7.37. The van der Waals surface area contributed by atoms with Gasteiger partial charge in [0, 0.05) is 24.2 Å². The Bertz CT molecular complexity index is 499. The third kappa shape index (κ3) is 0.953. The van der Waals surface area contributed by atoms with Crippen LogP contribution in [0.15, 0.2) is 29.8 Å². The summed E-state index contributed by atoms with van der Waals surface area (Å²) in [6.07, 6.45) is 7.05. The Morgan fingerprint density at radius 3 is 3.36 bits per heavy atom. The molecule has 2 aromatic heterocycles. The van der Waals surface area contributed by atoms with Gasteiger partial charge >= 0.3 is 0 Å². The van der Waals surface area contributed by atoms with Gasteiger partial charge in [-0.1, -0.05) is 0 Å². The Balaban J connectivity index is 2.34. The number of nitrogens with zero attached hydrogens (tertiary/aromatic N) is 5. The van der Waals surface area contributed by atoms with E-state index in [1.165, 1.54) is 0 Å². The molecular formula is C9H7N5. The SMILES string of the molecule is C1=NCc2nncn2-c2ccncc21. The molecule has 5 nitrogen and oxygen atoms in total. The summed E-state index contributed by atoms with van der Waals surface area (Å²) in [5.74, 6) is 0.853. The molecule has 0 aromatic carbocycles. The zero-order valence-electron chi connectivity index (χ0n) is 7.33. The molecule has 0 aliphatic carbocycles. The maximum atomic E-state index is 4.24. The molecule has 3 rings (SSSR count). The lowest BCUT2D eigenvalue weighted by molar-refractivity contribution is 0.871. The number of pyridine rings is 1. The van der Waals surface area contributed by atoms with Crippen LogP contribution in [0.25, 0.3) is 5.69 Å². The van der Waals surface area contributed by atoms with Crippen molar-refractivity contribution >= 4 is 6.21 Å². The van der Waals surface area contributed by atoms with Crippen molar-refractivity contribution in [2.45, 2.75) is 6.54 Å². The number of rotatable bonds is 0. The van der Waals surface area contributed by atoms with Crippen molar-refractivity contribution in [1.82, 2.24) is 19.7 Å². The van der Waals surface area contributed by atoms with E-state index in [1.54, 1.807) is 18.7 Å². The first-order chi connectivity index (χ1) is 6.95. The van der Waals surface area contributed by atoms with Crippen molar-refractivity contribution in [2.24, 2.45) is 4.99 Å². The van der Waals surface area contributed by atoms with Gasteiger partial charge in [0.05, 0.1) is 12.2 Å². The highest BCUT2D eigenvalue weighted by Gasteiger charge is 2.11. The van der Waals surface area contributed by atoms with E-state index in [4.69, 9.17) is 0 Å². The first-order valence-corrected chi connectivity index (χ1v) is 4.28. The fraction of sp³-hybridized carbons (Fsp3) is 0.111. The summed E-state index contributed by atoms with van der Waals surface area (Å²) < 4.78 is 1.93. The number of hydrogen-bond acceptors (Lipinski definition) is 4. The zero-order valence-corrected chi connectivity index (χ0v) is 7.33. The molecule has 0 saturated carbocycles. The molecule has 1 aliphatic rings. The number of fused-ring (bicyclic) bond motifs is 3. The van der Waals surface area contributed by atoms with Crippen LogP contribution in [0.5, 0.6) is 0 Å². The van der Waals surface area contributed by atoms with Gasteiger partial charge in [0.15, 0.2) is 5.82 Å². The molecule has 68 valence electrons. The van der Waals surface area contributed by atoms with Gasteiger partial charge in [0.1, 0.15) is 6.33 Å². The largest absolute Gasteiger partial charge is 0.284 e. The highest BCUT2D eigenvalue weighted by molar-refractivity contribution is 5.84. The monoisotopic (exact) mass is 185 g/mol. The molecule has 2 aromatic rings. The second kappa shape index (κ2) is 2.73. The number of aliphatic imine (C=N–C) groups is 1. The third-order valence-corrected chi connectivity index (χ3v) is 2.17. The van der Waals surface area contributed by atoms with Crippen LogP contribution in [0.2, 0.25) is 0 Å². The van der Waals surface area contributed by atoms with Gasteiger partial charge in [0.2, 0.25) is 0 Å². The molecule has 0 bridgehead atoms. The summed E-state index contributed by atoms with van der Waals surface area (Å²) in [6.45, 7) is 0.564. The van der Waals surface area contributed by atoms with E-state index in [0.717, 1.165) is 17.1 Å². The zero-order chi connectivity index (χ0) is 9.38. The third-order valence-electron chi connectivity index (χ3n) is 2.17. The Labute approximate surface area is 80.2 Å². The minimum absolute atomic E-state index is 0.564. The molecular weight excluding hydrogens is 178 g/mol. The van der Waals surface area contributed by atoms with Gasteiger partial charge in [-0.05, 0) is 6.07 Å². The topological polar surface area (TPSA) is 56.0 Å². The normalized spacial score (nSPS) is 13.1. The first-order valence-electron chi connectivity index (χ1n) is 4.28. The second-order valence-corrected chi connectivity index (χ2v) is 3.02. The van der Waals surface area contributed by atoms with E-state index < -0.39 is 0 Å². The molecule has 0 fully saturated rings. The molecule has 0 radical (unpaired) electrons. The molecule has 0 N–H and O–H groups in total. The van der Waals surface area contributed by atoms with Crippen LogP contribution in [-0.4, -0.2) is 26.0 Å². The molecule has 0 saturated heterocycles. The van der Waals surface area contributed by atoms with Gasteiger partial charge in [0.25, 0.3) is 0 Å². The molecule has 14 heavy (non-hydrogen) atoms. The lowest BCUT2D eigenvalue weighted by Crippen LogP contribution is -1.99. The number of hydrogen-bond donors (Lipinski definition) is 0. The molecule has 5 heteroatoms. The quantitative estimate of drug-likeness (QED) is 0.603. The second-order valence-electron chi connectivity index (χ2n) is 3.02. The van der Waals surface area contributed by atoms with Crippen LogP contribution in [0.4, 0.5) is 0 Å². The minimum atomic E-state index is 0.564. The van der Waals surface area contributed by atoms with Crippen molar-refractivity contribution < 1.29 is 0 Å². The summed E-state index contributed by atoms with van der Waals surface area (Å²) in [5.41, 5.74) is 2.02. The predicted octanol–water partition coefficient (Wildman–Crippen LogP) is 0.595. The predicted molar refractivity (Wildman–Crippen MR) is 50.5 cm³/mol. The van der Waals surface area contributed by atoms with E-state index in [2.05, 4.69) is 20.2 Å². The van der Waals surface area contributed by atoms with Crippen LogP contribution in [0.3, 0.4) is 0 Å². The highest BCUT2D eigenvalue weighted by Crippen LogP contribution is 2.16. The average molecular weight is 185 g/mol. The van der Waals surface area contributed by atoms with E-state index in [-0.39, 0.29) is 0 Å². The van der Waals surface area contributed by atoms with Gasteiger partial charge in [-0.25, -0.2) is 0 Å².